The molecule has 0 aliphatic heterocycles. The second-order valence-electron chi connectivity index (χ2n) is 8.70. The van der Waals surface area contributed by atoms with E-state index >= 15 is 0 Å². The summed E-state index contributed by atoms with van der Waals surface area (Å²) in [5.41, 5.74) is -0.668. The van der Waals surface area contributed by atoms with Crippen LogP contribution < -0.4 is 15.0 Å². The van der Waals surface area contributed by atoms with Crippen molar-refractivity contribution in [3.05, 3.63) is 30.2 Å². The lowest BCUT2D eigenvalue weighted by atomic mass is 9.97. The van der Waals surface area contributed by atoms with E-state index in [9.17, 15) is 19.1 Å². The summed E-state index contributed by atoms with van der Waals surface area (Å²) in [5, 5.41) is 12.4. The van der Waals surface area contributed by atoms with Crippen LogP contribution in [0.1, 0.15) is 46.5 Å². The van der Waals surface area contributed by atoms with Gasteiger partial charge in [0.25, 0.3) is 0 Å². The van der Waals surface area contributed by atoms with E-state index in [-0.39, 0.29) is 5.69 Å². The minimum absolute atomic E-state index is 0.206. The number of aliphatic carboxylic acids is 1. The second-order valence-corrected chi connectivity index (χ2v) is 11.0. The number of amides is 2. The third-order valence-electron chi connectivity index (χ3n) is 5.53. The number of hydrogen-bond acceptors (Lipinski definition) is 6. The molecule has 1 aliphatic carbocycles. The molecule has 2 aromatic rings. The number of carboxylic acids is 1. The first-order valence-corrected chi connectivity index (χ1v) is 12.8. The number of urea groups is 1. The number of nitrogens with zero attached hydrogens (tertiary/aromatic N) is 2. The number of thiazole rings is 1. The number of halogens is 1. The average Bonchev–Trinajstić information content (AvgIpc) is 3.43. The average molecular weight is 496 g/mol. The normalized spacial score (nSPS) is 14.3. The lowest BCUT2D eigenvalue weighted by Crippen LogP contribution is -2.38. The van der Waals surface area contributed by atoms with Gasteiger partial charge in [-0.05, 0) is 51.7 Å². The van der Waals surface area contributed by atoms with E-state index in [0.717, 1.165) is 29.9 Å². The fourth-order valence-corrected chi connectivity index (χ4v) is 5.50. The first-order chi connectivity index (χ1) is 15.7. The number of rotatable bonds is 10. The summed E-state index contributed by atoms with van der Waals surface area (Å²) in [6.07, 6.45) is 5.87. The van der Waals surface area contributed by atoms with Gasteiger partial charge < -0.3 is 9.84 Å². The summed E-state index contributed by atoms with van der Waals surface area (Å²) in [5.74, 6) is -0.259. The summed E-state index contributed by atoms with van der Waals surface area (Å²) in [4.78, 5) is 30.2. The molecule has 2 N–H and O–H groups in total. The SMILES string of the molecule is CCOc1ccc(N(CC2CCCC2)C(=O)Nc2ncc(SCC(C)(C)C(=O)O)s2)c(F)c1. The van der Waals surface area contributed by atoms with Gasteiger partial charge in [0.15, 0.2) is 10.9 Å². The van der Waals surface area contributed by atoms with Crippen LogP contribution in [-0.4, -0.2) is 41.0 Å². The lowest BCUT2D eigenvalue weighted by Gasteiger charge is -2.26. The van der Waals surface area contributed by atoms with E-state index in [0.29, 0.717) is 35.7 Å². The Bertz CT molecular complexity index is 976. The topological polar surface area (TPSA) is 91.8 Å². The maximum Gasteiger partial charge on any atom is 0.328 e. The van der Waals surface area contributed by atoms with Gasteiger partial charge >= 0.3 is 12.0 Å². The van der Waals surface area contributed by atoms with Crippen LogP contribution in [0.2, 0.25) is 0 Å². The van der Waals surface area contributed by atoms with Crippen LogP contribution >= 0.6 is 23.1 Å². The zero-order valence-electron chi connectivity index (χ0n) is 19.1. The molecule has 180 valence electrons. The Hall–Kier alpha value is -2.33. The monoisotopic (exact) mass is 495 g/mol. The van der Waals surface area contributed by atoms with Gasteiger partial charge in [-0.25, -0.2) is 14.2 Å². The smallest absolute Gasteiger partial charge is 0.328 e. The zero-order valence-corrected chi connectivity index (χ0v) is 20.7. The molecule has 0 spiro atoms. The lowest BCUT2D eigenvalue weighted by molar-refractivity contribution is -0.145. The molecule has 1 heterocycles. The summed E-state index contributed by atoms with van der Waals surface area (Å²) in [7, 11) is 0. The van der Waals surface area contributed by atoms with Crippen LogP contribution in [0.25, 0.3) is 0 Å². The molecule has 1 saturated carbocycles. The largest absolute Gasteiger partial charge is 0.494 e. The minimum Gasteiger partial charge on any atom is -0.494 e. The number of thioether (sulfide) groups is 1. The van der Waals surface area contributed by atoms with E-state index in [1.54, 1.807) is 32.2 Å². The molecule has 10 heteroatoms. The van der Waals surface area contributed by atoms with E-state index in [4.69, 9.17) is 4.74 Å². The number of ether oxygens (including phenoxy) is 1. The standard InChI is InChI=1S/C23H30FN3O4S2/c1-4-31-16-9-10-18(17(24)11-16)27(13-15-7-5-6-8-15)22(30)26-21-25-12-19(33-21)32-14-23(2,3)20(28)29/h9-12,15H,4-8,13-14H2,1-3H3,(H,28,29)(H,25,26,30). The first-order valence-electron chi connectivity index (χ1n) is 11.0. The molecule has 7 nitrogen and oxygen atoms in total. The van der Waals surface area contributed by atoms with Crippen LogP contribution in [0.3, 0.4) is 0 Å². The van der Waals surface area contributed by atoms with Crippen molar-refractivity contribution in [2.24, 2.45) is 11.3 Å². The number of carboxylic acid groups (broad SMARTS) is 1. The van der Waals surface area contributed by atoms with Gasteiger partial charge in [0.1, 0.15) is 5.75 Å². The fraction of sp³-hybridized carbons (Fsp3) is 0.522. The van der Waals surface area contributed by atoms with Crippen molar-refractivity contribution in [2.75, 3.05) is 29.1 Å². The maximum atomic E-state index is 14.9. The molecule has 2 amide bonds. The van der Waals surface area contributed by atoms with E-state index in [1.807, 2.05) is 6.92 Å². The van der Waals surface area contributed by atoms with Gasteiger partial charge in [-0.2, -0.15) is 0 Å². The van der Waals surface area contributed by atoms with Crippen molar-refractivity contribution in [3.8, 4) is 5.75 Å². The number of carbonyl (C=O) groups excluding carboxylic acids is 1. The maximum absolute atomic E-state index is 14.9. The van der Waals surface area contributed by atoms with Crippen molar-refractivity contribution >= 4 is 45.9 Å². The Balaban J connectivity index is 1.73. The Morgan fingerprint density at radius 1 is 1.36 bits per heavy atom. The van der Waals surface area contributed by atoms with E-state index in [1.165, 1.54) is 34.1 Å². The number of anilines is 2. The van der Waals surface area contributed by atoms with Crippen molar-refractivity contribution in [3.63, 3.8) is 0 Å². The van der Waals surface area contributed by atoms with Crippen LogP contribution in [0.15, 0.2) is 28.6 Å². The highest BCUT2D eigenvalue weighted by atomic mass is 32.2. The van der Waals surface area contributed by atoms with Gasteiger partial charge in [-0.15, -0.1) is 11.8 Å². The molecular formula is C23H30FN3O4S2. The van der Waals surface area contributed by atoms with E-state index < -0.39 is 23.2 Å². The molecule has 33 heavy (non-hydrogen) atoms. The van der Waals surface area contributed by atoms with Crippen LogP contribution in [0.5, 0.6) is 5.75 Å². The number of benzene rings is 1. The number of hydrogen-bond donors (Lipinski definition) is 2. The van der Waals surface area contributed by atoms with Crippen LogP contribution in [0.4, 0.5) is 20.0 Å². The molecule has 0 saturated heterocycles. The Morgan fingerprint density at radius 2 is 2.09 bits per heavy atom. The summed E-state index contributed by atoms with van der Waals surface area (Å²) in [6, 6.07) is 4.10. The predicted molar refractivity (Wildman–Crippen MR) is 130 cm³/mol. The molecule has 0 unspecified atom stereocenters. The number of aromatic nitrogens is 1. The highest BCUT2D eigenvalue weighted by molar-refractivity contribution is 8.01. The Kier molecular flexibility index (Phi) is 8.58. The van der Waals surface area contributed by atoms with E-state index in [2.05, 4.69) is 10.3 Å². The molecule has 0 atom stereocenters. The molecule has 3 rings (SSSR count). The van der Waals surface area contributed by atoms with Crippen LogP contribution in [-0.2, 0) is 4.79 Å². The number of nitrogens with one attached hydrogen (secondary N) is 1. The molecule has 1 aliphatic rings. The highest BCUT2D eigenvalue weighted by Gasteiger charge is 2.28. The quantitative estimate of drug-likeness (QED) is 0.386. The summed E-state index contributed by atoms with van der Waals surface area (Å²) >= 11 is 2.65. The van der Waals surface area contributed by atoms with Crippen LogP contribution in [0, 0.1) is 17.2 Å². The Labute approximate surface area is 201 Å². The molecule has 1 aromatic carbocycles. The second kappa shape index (κ2) is 11.2. The van der Waals surface area contributed by atoms with Gasteiger partial charge in [-0.1, -0.05) is 24.2 Å². The highest BCUT2D eigenvalue weighted by Crippen LogP contribution is 2.34. The first kappa shape index (κ1) is 25.3. The van der Waals surface area contributed by atoms with Gasteiger partial charge in [0.05, 0.1) is 28.1 Å². The number of carbonyl (C=O) groups is 2. The fourth-order valence-electron chi connectivity index (χ4n) is 3.56. The third kappa shape index (κ3) is 6.83. The van der Waals surface area contributed by atoms with Crippen molar-refractivity contribution < 1.29 is 23.8 Å². The van der Waals surface area contributed by atoms with Crippen molar-refractivity contribution in [1.29, 1.82) is 0 Å². The minimum atomic E-state index is -0.874. The van der Waals surface area contributed by atoms with Gasteiger partial charge in [0.2, 0.25) is 0 Å². The Morgan fingerprint density at radius 3 is 2.73 bits per heavy atom. The van der Waals surface area contributed by atoms with Gasteiger partial charge in [0, 0.05) is 18.4 Å². The van der Waals surface area contributed by atoms with Crippen molar-refractivity contribution in [2.45, 2.75) is 50.7 Å². The third-order valence-corrected chi connectivity index (χ3v) is 8.10. The van der Waals surface area contributed by atoms with Crippen molar-refractivity contribution in [1.82, 2.24) is 4.98 Å². The zero-order chi connectivity index (χ0) is 24.0. The molecular weight excluding hydrogens is 465 g/mol. The molecule has 0 bridgehead atoms. The van der Waals surface area contributed by atoms with Gasteiger partial charge in [-0.3, -0.25) is 15.0 Å². The predicted octanol–water partition coefficient (Wildman–Crippen LogP) is 6.11. The summed E-state index contributed by atoms with van der Waals surface area (Å²) in [6.45, 7) is 6.02. The molecule has 0 radical (unpaired) electrons. The molecule has 1 fully saturated rings. The molecule has 1 aromatic heterocycles. The summed E-state index contributed by atoms with van der Waals surface area (Å²) < 4.78 is 21.1.